The second-order valence-electron chi connectivity index (χ2n) is 15.2. The molecule has 0 spiro atoms. The van der Waals surface area contributed by atoms with Crippen LogP contribution in [0.1, 0.15) is 103 Å². The lowest BCUT2D eigenvalue weighted by atomic mass is 9.65. The second kappa shape index (κ2) is 14.0. The zero-order valence-corrected chi connectivity index (χ0v) is 28.4. The predicted octanol–water partition coefficient (Wildman–Crippen LogP) is 4.54. The Morgan fingerprint density at radius 1 is 1.07 bits per heavy atom. The molecule has 3 aliphatic carbocycles. The van der Waals surface area contributed by atoms with Crippen molar-refractivity contribution in [2.75, 3.05) is 32.7 Å². The number of likely N-dealkylation sites (tertiary alicyclic amines) is 1. The van der Waals surface area contributed by atoms with E-state index in [1.807, 2.05) is 12.4 Å². The van der Waals surface area contributed by atoms with Crippen molar-refractivity contribution in [3.63, 3.8) is 0 Å². The molecule has 4 heterocycles. The quantitative estimate of drug-likeness (QED) is 0.376. The largest absolute Gasteiger partial charge is 0.369 e. The first-order valence-corrected chi connectivity index (χ1v) is 18.7. The van der Waals surface area contributed by atoms with Gasteiger partial charge in [0.25, 0.3) is 5.91 Å². The van der Waals surface area contributed by atoms with Crippen molar-refractivity contribution in [1.29, 1.82) is 0 Å². The second-order valence-corrected chi connectivity index (χ2v) is 15.2. The van der Waals surface area contributed by atoms with Crippen molar-refractivity contribution >= 4 is 11.7 Å². The standard InChI is InChI=1S/C37H56N6O3/c1-4-41(5-2)17-8-9-24(3)40-37(45)29-23-43-32-19-25-10-6-7-11-26(25)20-33(32)46-36-31(13-12-28(34(36)43)35(29)44)42-18-14-27(22-42)30-21-38-15-16-39-30/h15-16,21,23-28,31-34,36H,4-14,17-20,22H2,1-3H3,(H,40,45). The van der Waals surface area contributed by atoms with Gasteiger partial charge in [-0.15, -0.1) is 0 Å². The minimum atomic E-state index is -0.187. The maximum Gasteiger partial charge on any atom is 0.256 e. The van der Waals surface area contributed by atoms with Gasteiger partial charge >= 0.3 is 0 Å². The van der Waals surface area contributed by atoms with Crippen LogP contribution in [0.15, 0.2) is 30.4 Å². The number of hydrogen-bond acceptors (Lipinski definition) is 8. The van der Waals surface area contributed by atoms with E-state index in [-0.39, 0.29) is 54.0 Å². The molecule has 10 unspecified atom stereocenters. The highest BCUT2D eigenvalue weighted by Gasteiger charge is 2.58. The summed E-state index contributed by atoms with van der Waals surface area (Å²) in [4.78, 5) is 44.5. The van der Waals surface area contributed by atoms with Crippen LogP contribution in [-0.4, -0.2) is 105 Å². The normalized spacial score (nSPS) is 36.4. The summed E-state index contributed by atoms with van der Waals surface area (Å²) in [6, 6.07) is 0.560. The molecule has 7 rings (SSSR count). The summed E-state index contributed by atoms with van der Waals surface area (Å²) in [6.07, 6.45) is 19.9. The van der Waals surface area contributed by atoms with Crippen molar-refractivity contribution in [3.8, 4) is 0 Å². The van der Waals surface area contributed by atoms with Crippen LogP contribution in [0, 0.1) is 17.8 Å². The summed E-state index contributed by atoms with van der Waals surface area (Å²) in [5.41, 5.74) is 1.46. The predicted molar refractivity (Wildman–Crippen MR) is 178 cm³/mol. The van der Waals surface area contributed by atoms with Gasteiger partial charge in [0.2, 0.25) is 0 Å². The smallest absolute Gasteiger partial charge is 0.256 e. The third kappa shape index (κ3) is 6.28. The number of hydrogen-bond donors (Lipinski definition) is 1. The van der Waals surface area contributed by atoms with Gasteiger partial charge in [0.05, 0.1) is 35.6 Å². The van der Waals surface area contributed by atoms with Crippen LogP contribution in [0.5, 0.6) is 0 Å². The molecule has 1 aromatic heterocycles. The molecular formula is C37H56N6O3. The van der Waals surface area contributed by atoms with E-state index in [1.165, 1.54) is 25.7 Å². The highest BCUT2D eigenvalue weighted by atomic mass is 16.5. The van der Waals surface area contributed by atoms with Gasteiger partial charge in [-0.25, -0.2) is 0 Å². The molecule has 0 bridgehead atoms. The Hall–Kier alpha value is -2.36. The molecule has 252 valence electrons. The van der Waals surface area contributed by atoms with E-state index in [1.54, 1.807) is 12.4 Å². The Balaban J connectivity index is 1.12. The summed E-state index contributed by atoms with van der Waals surface area (Å²) in [7, 11) is 0. The Labute approximate surface area is 275 Å². The molecule has 1 amide bonds. The molecule has 5 fully saturated rings. The number of nitrogens with zero attached hydrogens (tertiary/aromatic N) is 5. The minimum Gasteiger partial charge on any atom is -0.369 e. The number of ether oxygens (including phenoxy) is 1. The molecule has 3 saturated carbocycles. The number of morpholine rings is 1. The number of aromatic nitrogens is 2. The van der Waals surface area contributed by atoms with Gasteiger partial charge in [-0.1, -0.05) is 39.5 Å². The zero-order chi connectivity index (χ0) is 31.8. The number of carbonyl (C=O) groups is 2. The van der Waals surface area contributed by atoms with Crippen LogP contribution in [-0.2, 0) is 14.3 Å². The number of fused-ring (bicyclic) bond motifs is 3. The highest BCUT2D eigenvalue weighted by molar-refractivity contribution is 6.20. The minimum absolute atomic E-state index is 0.00579. The van der Waals surface area contributed by atoms with Crippen molar-refractivity contribution < 1.29 is 14.3 Å². The van der Waals surface area contributed by atoms with Gasteiger partial charge in [-0.05, 0) is 89.9 Å². The lowest BCUT2D eigenvalue weighted by molar-refractivity contribution is -0.210. The fourth-order valence-corrected chi connectivity index (χ4v) is 10.2. The molecule has 0 aromatic carbocycles. The van der Waals surface area contributed by atoms with Gasteiger partial charge in [-0.3, -0.25) is 24.5 Å². The van der Waals surface area contributed by atoms with Crippen LogP contribution in [0.2, 0.25) is 0 Å². The van der Waals surface area contributed by atoms with E-state index in [9.17, 15) is 9.59 Å². The van der Waals surface area contributed by atoms with E-state index in [0.717, 1.165) is 95.2 Å². The van der Waals surface area contributed by atoms with Crippen molar-refractivity contribution in [2.45, 2.75) is 134 Å². The van der Waals surface area contributed by atoms with E-state index in [4.69, 9.17) is 4.74 Å². The van der Waals surface area contributed by atoms with Gasteiger partial charge in [-0.2, -0.15) is 0 Å². The molecule has 3 aliphatic heterocycles. The molecule has 9 heteroatoms. The van der Waals surface area contributed by atoms with Crippen molar-refractivity contribution in [2.24, 2.45) is 17.8 Å². The Kier molecular flexibility index (Phi) is 9.81. The first-order chi connectivity index (χ1) is 22.4. The summed E-state index contributed by atoms with van der Waals surface area (Å²) in [6.45, 7) is 11.6. The molecule has 0 radical (unpaired) electrons. The topological polar surface area (TPSA) is 90.9 Å². The van der Waals surface area contributed by atoms with Crippen LogP contribution >= 0.6 is 0 Å². The maximum atomic E-state index is 14.2. The fourth-order valence-electron chi connectivity index (χ4n) is 10.2. The van der Waals surface area contributed by atoms with Crippen molar-refractivity contribution in [1.82, 2.24) is 30.0 Å². The number of nitrogens with one attached hydrogen (secondary N) is 1. The first kappa shape index (κ1) is 32.2. The lowest BCUT2D eigenvalue weighted by Gasteiger charge is -2.61. The number of rotatable bonds is 10. The van der Waals surface area contributed by atoms with Crippen LogP contribution in [0.25, 0.3) is 0 Å². The Morgan fingerprint density at radius 2 is 1.87 bits per heavy atom. The van der Waals surface area contributed by atoms with Gasteiger partial charge in [0, 0.05) is 55.3 Å². The maximum absolute atomic E-state index is 14.2. The highest BCUT2D eigenvalue weighted by Crippen LogP contribution is 2.50. The fraction of sp³-hybridized carbons (Fsp3) is 0.784. The summed E-state index contributed by atoms with van der Waals surface area (Å²) >= 11 is 0. The molecule has 2 saturated heterocycles. The molecule has 10 atom stereocenters. The third-order valence-corrected chi connectivity index (χ3v) is 12.7. The van der Waals surface area contributed by atoms with Gasteiger partial charge in [0.15, 0.2) is 5.78 Å². The summed E-state index contributed by atoms with van der Waals surface area (Å²) < 4.78 is 7.24. The Morgan fingerprint density at radius 3 is 2.63 bits per heavy atom. The van der Waals surface area contributed by atoms with Crippen LogP contribution in [0.4, 0.5) is 0 Å². The zero-order valence-electron chi connectivity index (χ0n) is 28.4. The van der Waals surface area contributed by atoms with E-state index in [0.29, 0.717) is 11.5 Å². The van der Waals surface area contributed by atoms with Crippen molar-refractivity contribution in [3.05, 3.63) is 36.1 Å². The SMILES string of the molecule is CCN(CC)CCCC(C)NC(=O)C1=CN2C3CC4CCCCC4CC3OC3C(N4CCC(c5cnccn5)C4)CCC(C1=O)C32. The lowest BCUT2D eigenvalue weighted by Crippen LogP contribution is -2.71. The molecule has 9 nitrogen and oxygen atoms in total. The molecule has 46 heavy (non-hydrogen) atoms. The number of Topliss-reactive ketones (excluding diaryl/α,β-unsaturated/α-hetero) is 1. The Bertz CT molecular complexity index is 1250. The monoisotopic (exact) mass is 632 g/mol. The summed E-state index contributed by atoms with van der Waals surface area (Å²) in [5, 5.41) is 3.23. The van der Waals surface area contributed by atoms with Gasteiger partial charge < -0.3 is 19.9 Å². The average molecular weight is 633 g/mol. The number of ketones is 1. The number of carbonyl (C=O) groups excluding carboxylic acids is 2. The van der Waals surface area contributed by atoms with E-state index < -0.39 is 0 Å². The average Bonchev–Trinajstić information content (AvgIpc) is 3.57. The van der Waals surface area contributed by atoms with Gasteiger partial charge in [0.1, 0.15) is 0 Å². The molecular weight excluding hydrogens is 576 g/mol. The molecule has 6 aliphatic rings. The van der Waals surface area contributed by atoms with E-state index in [2.05, 4.69) is 50.8 Å². The van der Waals surface area contributed by atoms with E-state index >= 15 is 0 Å². The van der Waals surface area contributed by atoms with Crippen LogP contribution < -0.4 is 5.32 Å². The molecule has 1 aromatic rings. The van der Waals surface area contributed by atoms with Crippen LogP contribution in [0.3, 0.4) is 0 Å². The number of amides is 1. The third-order valence-electron chi connectivity index (χ3n) is 12.7. The summed E-state index contributed by atoms with van der Waals surface area (Å²) in [5.74, 6) is 1.52. The molecule has 1 N–H and O–H groups in total. The first-order valence-electron chi connectivity index (χ1n) is 18.7.